The van der Waals surface area contributed by atoms with Crippen molar-refractivity contribution in [3.8, 4) is 5.75 Å². The summed E-state index contributed by atoms with van der Waals surface area (Å²) >= 11 is 3.55. The molecule has 2 rings (SSSR count). The summed E-state index contributed by atoms with van der Waals surface area (Å²) < 4.78 is 40.0. The van der Waals surface area contributed by atoms with Crippen LogP contribution in [0.1, 0.15) is 25.3 Å². The number of ether oxygens (including phenoxy) is 1. The fourth-order valence-corrected chi connectivity index (χ4v) is 3.01. The number of hydrogen-bond donors (Lipinski definition) is 0. The molecule has 0 spiro atoms. The summed E-state index contributed by atoms with van der Waals surface area (Å²) in [4.78, 5) is 0. The fraction of sp³-hybridized carbons (Fsp3) is 0.571. The van der Waals surface area contributed by atoms with Crippen molar-refractivity contribution in [2.75, 3.05) is 5.33 Å². The molecular formula is C14H16BrF3O. The Morgan fingerprint density at radius 2 is 1.79 bits per heavy atom. The molecule has 5 heteroatoms. The Labute approximate surface area is 119 Å². The summed E-state index contributed by atoms with van der Waals surface area (Å²) in [7, 11) is 0. The Morgan fingerprint density at radius 3 is 2.21 bits per heavy atom. The number of benzene rings is 1. The second kappa shape index (κ2) is 5.35. The molecule has 0 aromatic heterocycles. The molecule has 0 aliphatic heterocycles. The van der Waals surface area contributed by atoms with E-state index in [4.69, 9.17) is 0 Å². The van der Waals surface area contributed by atoms with Crippen molar-refractivity contribution in [3.63, 3.8) is 0 Å². The molecule has 1 aromatic rings. The molecule has 1 atom stereocenters. The molecule has 1 nitrogen and oxygen atoms in total. The van der Waals surface area contributed by atoms with Gasteiger partial charge in [0.2, 0.25) is 0 Å². The smallest absolute Gasteiger partial charge is 0.406 e. The summed E-state index contributed by atoms with van der Waals surface area (Å²) in [6.45, 7) is 2.22. The molecule has 1 aliphatic carbocycles. The molecule has 106 valence electrons. The van der Waals surface area contributed by atoms with Crippen molar-refractivity contribution >= 4 is 15.9 Å². The van der Waals surface area contributed by atoms with E-state index in [2.05, 4.69) is 27.6 Å². The Hall–Kier alpha value is -0.710. The van der Waals surface area contributed by atoms with Gasteiger partial charge in [-0.3, -0.25) is 0 Å². The van der Waals surface area contributed by atoms with E-state index in [1.807, 2.05) is 0 Å². The third kappa shape index (κ3) is 4.13. The molecule has 0 amide bonds. The third-order valence-corrected chi connectivity index (χ3v) is 4.91. The van der Waals surface area contributed by atoms with Gasteiger partial charge in [-0.25, -0.2) is 0 Å². The summed E-state index contributed by atoms with van der Waals surface area (Å²) in [5.74, 6) is 0.557. The molecule has 0 saturated heterocycles. The van der Waals surface area contributed by atoms with Crippen LogP contribution in [0.3, 0.4) is 0 Å². The highest BCUT2D eigenvalue weighted by Crippen LogP contribution is 2.48. The standard InChI is InChI=1S/C14H16BrF3O/c1-13(9-15,11-4-5-11)8-10-2-6-12(7-3-10)19-14(16,17)18/h2-3,6-7,11H,4-5,8-9H2,1H3. The molecule has 0 N–H and O–H groups in total. The number of hydrogen-bond acceptors (Lipinski definition) is 1. The van der Waals surface area contributed by atoms with E-state index >= 15 is 0 Å². The van der Waals surface area contributed by atoms with Crippen LogP contribution in [0, 0.1) is 11.3 Å². The van der Waals surface area contributed by atoms with E-state index in [0.717, 1.165) is 23.2 Å². The minimum atomic E-state index is -4.63. The highest BCUT2D eigenvalue weighted by molar-refractivity contribution is 9.09. The lowest BCUT2D eigenvalue weighted by molar-refractivity contribution is -0.274. The zero-order valence-corrected chi connectivity index (χ0v) is 12.2. The van der Waals surface area contributed by atoms with Gasteiger partial charge in [0.25, 0.3) is 0 Å². The maximum atomic E-state index is 12.1. The van der Waals surface area contributed by atoms with Gasteiger partial charge in [-0.15, -0.1) is 13.2 Å². The largest absolute Gasteiger partial charge is 0.573 e. The van der Waals surface area contributed by atoms with Gasteiger partial charge in [-0.2, -0.15) is 0 Å². The minimum Gasteiger partial charge on any atom is -0.406 e. The molecule has 0 heterocycles. The minimum absolute atomic E-state index is 0.164. The average Bonchev–Trinajstić information content (AvgIpc) is 3.14. The molecule has 1 aliphatic rings. The van der Waals surface area contributed by atoms with Crippen LogP contribution in [-0.4, -0.2) is 11.7 Å². The van der Waals surface area contributed by atoms with Crippen molar-refractivity contribution in [1.82, 2.24) is 0 Å². The van der Waals surface area contributed by atoms with E-state index in [0.29, 0.717) is 0 Å². The van der Waals surface area contributed by atoms with E-state index < -0.39 is 6.36 Å². The molecule has 1 saturated carbocycles. The average molecular weight is 337 g/mol. The first-order valence-electron chi connectivity index (χ1n) is 6.23. The highest BCUT2D eigenvalue weighted by Gasteiger charge is 2.40. The first-order valence-corrected chi connectivity index (χ1v) is 7.35. The van der Waals surface area contributed by atoms with Gasteiger partial charge < -0.3 is 4.74 Å². The van der Waals surface area contributed by atoms with Gasteiger partial charge in [-0.1, -0.05) is 35.0 Å². The monoisotopic (exact) mass is 336 g/mol. The van der Waals surface area contributed by atoms with Crippen LogP contribution < -0.4 is 4.74 Å². The summed E-state index contributed by atoms with van der Waals surface area (Å²) in [6.07, 6.45) is -1.26. The maximum Gasteiger partial charge on any atom is 0.573 e. The number of rotatable bonds is 5. The third-order valence-electron chi connectivity index (χ3n) is 3.63. The van der Waals surface area contributed by atoms with E-state index in [9.17, 15) is 13.2 Å². The Balaban J connectivity index is 2.02. The van der Waals surface area contributed by atoms with E-state index in [1.165, 1.54) is 25.0 Å². The van der Waals surface area contributed by atoms with Crippen LogP contribution >= 0.6 is 15.9 Å². The van der Waals surface area contributed by atoms with Crippen LogP contribution in [0.25, 0.3) is 0 Å². The van der Waals surface area contributed by atoms with Crippen LogP contribution in [0.5, 0.6) is 5.75 Å². The Morgan fingerprint density at radius 1 is 1.21 bits per heavy atom. The van der Waals surface area contributed by atoms with Crippen molar-refractivity contribution in [1.29, 1.82) is 0 Å². The fourth-order valence-electron chi connectivity index (χ4n) is 2.36. The van der Waals surface area contributed by atoms with Crippen molar-refractivity contribution in [2.45, 2.75) is 32.5 Å². The molecule has 0 radical (unpaired) electrons. The van der Waals surface area contributed by atoms with Gasteiger partial charge in [-0.05, 0) is 48.3 Å². The lowest BCUT2D eigenvalue weighted by atomic mass is 9.81. The Kier molecular flexibility index (Phi) is 4.14. The summed E-state index contributed by atoms with van der Waals surface area (Å²) in [6, 6.07) is 6.18. The second-order valence-corrected chi connectivity index (χ2v) is 5.99. The first-order chi connectivity index (χ1) is 8.82. The van der Waals surface area contributed by atoms with Crippen molar-refractivity contribution in [2.24, 2.45) is 11.3 Å². The quantitative estimate of drug-likeness (QED) is 0.692. The number of halogens is 4. The molecule has 1 fully saturated rings. The van der Waals surface area contributed by atoms with Gasteiger partial charge in [0.1, 0.15) is 5.75 Å². The SMILES string of the molecule is CC(CBr)(Cc1ccc(OC(F)(F)F)cc1)C1CC1. The zero-order valence-electron chi connectivity index (χ0n) is 10.6. The summed E-state index contributed by atoms with van der Waals surface area (Å²) in [5, 5.41) is 0.908. The molecular weight excluding hydrogens is 321 g/mol. The van der Waals surface area contributed by atoms with Crippen molar-refractivity contribution in [3.05, 3.63) is 29.8 Å². The van der Waals surface area contributed by atoms with Crippen LogP contribution in [0.4, 0.5) is 13.2 Å². The molecule has 0 bridgehead atoms. The summed E-state index contributed by atoms with van der Waals surface area (Å²) in [5.41, 5.74) is 1.23. The van der Waals surface area contributed by atoms with Crippen LogP contribution in [-0.2, 0) is 6.42 Å². The van der Waals surface area contributed by atoms with Gasteiger partial charge in [0.05, 0.1) is 0 Å². The second-order valence-electron chi connectivity index (χ2n) is 5.43. The number of alkyl halides is 4. The Bertz CT molecular complexity index is 425. The van der Waals surface area contributed by atoms with Gasteiger partial charge in [0, 0.05) is 5.33 Å². The molecule has 1 unspecified atom stereocenters. The lowest BCUT2D eigenvalue weighted by Gasteiger charge is -2.27. The molecule has 1 aromatic carbocycles. The highest BCUT2D eigenvalue weighted by atomic mass is 79.9. The molecule has 19 heavy (non-hydrogen) atoms. The van der Waals surface area contributed by atoms with Crippen LogP contribution in [0.2, 0.25) is 0 Å². The predicted molar refractivity (Wildman–Crippen MR) is 71.5 cm³/mol. The van der Waals surface area contributed by atoms with E-state index in [1.54, 1.807) is 12.1 Å². The van der Waals surface area contributed by atoms with Gasteiger partial charge >= 0.3 is 6.36 Å². The van der Waals surface area contributed by atoms with Gasteiger partial charge in [0.15, 0.2) is 0 Å². The normalized spacial score (nSPS) is 19.0. The van der Waals surface area contributed by atoms with Crippen LogP contribution in [0.15, 0.2) is 24.3 Å². The first kappa shape index (κ1) is 14.7. The predicted octanol–water partition coefficient (Wildman–Crippen LogP) is 4.94. The maximum absolute atomic E-state index is 12.1. The zero-order chi connectivity index (χ0) is 14.1. The topological polar surface area (TPSA) is 9.23 Å². The lowest BCUT2D eigenvalue weighted by Crippen LogP contribution is -2.24. The van der Waals surface area contributed by atoms with E-state index in [-0.39, 0.29) is 11.2 Å². The van der Waals surface area contributed by atoms with Crippen molar-refractivity contribution < 1.29 is 17.9 Å².